The van der Waals surface area contributed by atoms with Crippen LogP contribution in [0.15, 0.2) is 18.3 Å². The molecule has 0 atom stereocenters. The molecule has 0 unspecified atom stereocenters. The van der Waals surface area contributed by atoms with E-state index in [0.29, 0.717) is 4.31 Å². The lowest BCUT2D eigenvalue weighted by molar-refractivity contribution is -0.137. The fourth-order valence-electron chi connectivity index (χ4n) is 2.52. The van der Waals surface area contributed by atoms with E-state index in [9.17, 15) is 34.8 Å². The third-order valence-corrected chi connectivity index (χ3v) is 5.51. The minimum Gasteiger partial charge on any atom is -0.369 e. The number of piperidine rings is 1. The van der Waals surface area contributed by atoms with E-state index in [-0.39, 0.29) is 44.2 Å². The second-order valence-corrected chi connectivity index (χ2v) is 7.50. The third-order valence-electron chi connectivity index (χ3n) is 3.88. The van der Waals surface area contributed by atoms with Crippen LogP contribution >= 0.6 is 0 Å². The summed E-state index contributed by atoms with van der Waals surface area (Å²) in [7, 11) is -5.36. The summed E-state index contributed by atoms with van der Waals surface area (Å²) in [5, 5.41) is 2.55. The van der Waals surface area contributed by atoms with Crippen LogP contribution in [0, 0.1) is 5.92 Å². The number of rotatable bonds is 4. The number of pyridine rings is 1. The van der Waals surface area contributed by atoms with Gasteiger partial charge < -0.3 is 5.32 Å². The van der Waals surface area contributed by atoms with Crippen LogP contribution in [0.4, 0.5) is 32.2 Å². The molecule has 0 aromatic carbocycles. The summed E-state index contributed by atoms with van der Waals surface area (Å²) >= 11 is 0. The second kappa shape index (κ2) is 6.98. The lowest BCUT2D eigenvalue weighted by Crippen LogP contribution is -2.45. The van der Waals surface area contributed by atoms with Gasteiger partial charge in [0.15, 0.2) is 0 Å². The quantitative estimate of drug-likeness (QED) is 0.802. The van der Waals surface area contributed by atoms with E-state index in [0.717, 1.165) is 12.1 Å². The Morgan fingerprint density at radius 1 is 1.16 bits per heavy atom. The van der Waals surface area contributed by atoms with E-state index in [1.54, 1.807) is 0 Å². The van der Waals surface area contributed by atoms with Crippen molar-refractivity contribution in [2.45, 2.75) is 24.5 Å². The summed E-state index contributed by atoms with van der Waals surface area (Å²) in [6.07, 6.45) is -3.18. The van der Waals surface area contributed by atoms with Gasteiger partial charge in [-0.3, -0.25) is 0 Å². The van der Waals surface area contributed by atoms with Crippen LogP contribution in [0.3, 0.4) is 0 Å². The van der Waals surface area contributed by atoms with E-state index < -0.39 is 27.3 Å². The van der Waals surface area contributed by atoms with E-state index in [4.69, 9.17) is 0 Å². The summed E-state index contributed by atoms with van der Waals surface area (Å²) in [6, 6.07) is 2.02. The molecule has 0 spiro atoms. The molecular formula is C13H15F6N3O2S. The van der Waals surface area contributed by atoms with Gasteiger partial charge in [-0.15, -0.1) is 0 Å². The van der Waals surface area contributed by atoms with Crippen molar-refractivity contribution in [1.29, 1.82) is 0 Å². The first kappa shape index (κ1) is 19.8. The Labute approximate surface area is 140 Å². The van der Waals surface area contributed by atoms with Gasteiger partial charge >= 0.3 is 21.7 Å². The van der Waals surface area contributed by atoms with Gasteiger partial charge in [0.05, 0.1) is 5.56 Å². The zero-order valence-corrected chi connectivity index (χ0v) is 13.5. The monoisotopic (exact) mass is 391 g/mol. The van der Waals surface area contributed by atoms with Crippen molar-refractivity contribution in [3.63, 3.8) is 0 Å². The Balaban J connectivity index is 1.94. The molecule has 0 amide bonds. The molecule has 1 aliphatic rings. The highest BCUT2D eigenvalue weighted by Gasteiger charge is 2.50. The third kappa shape index (κ3) is 4.54. The Morgan fingerprint density at radius 3 is 2.28 bits per heavy atom. The van der Waals surface area contributed by atoms with Crippen LogP contribution in [-0.4, -0.2) is 42.8 Å². The molecule has 0 aliphatic carbocycles. The predicted molar refractivity (Wildman–Crippen MR) is 77.0 cm³/mol. The average Bonchev–Trinajstić information content (AvgIpc) is 2.51. The second-order valence-electron chi connectivity index (χ2n) is 5.57. The van der Waals surface area contributed by atoms with Gasteiger partial charge in [-0.1, -0.05) is 0 Å². The fourth-order valence-corrected chi connectivity index (χ4v) is 3.50. The molecule has 142 valence electrons. The Morgan fingerprint density at radius 2 is 1.76 bits per heavy atom. The molecule has 1 aliphatic heterocycles. The molecule has 1 fully saturated rings. The van der Waals surface area contributed by atoms with E-state index in [1.165, 1.54) is 6.20 Å². The standard InChI is InChI=1S/C13H15F6N3O2S/c14-12(15,16)10-2-1-5-20-11(10)21-8-9-3-6-22(7-4-9)25(23,24)13(17,18)19/h1-2,5,9H,3-4,6-8H2,(H,20,21). The SMILES string of the molecule is O=S(=O)(N1CCC(CNc2ncccc2C(F)(F)F)CC1)C(F)(F)F. The van der Waals surface area contributed by atoms with E-state index >= 15 is 0 Å². The highest BCUT2D eigenvalue weighted by Crippen LogP contribution is 2.34. The highest BCUT2D eigenvalue weighted by molar-refractivity contribution is 7.90. The Hall–Kier alpha value is -1.56. The maximum absolute atomic E-state index is 12.8. The van der Waals surface area contributed by atoms with Gasteiger partial charge in [0.25, 0.3) is 0 Å². The minimum absolute atomic E-state index is 0.0556. The molecule has 25 heavy (non-hydrogen) atoms. The minimum atomic E-state index is -5.36. The lowest BCUT2D eigenvalue weighted by atomic mass is 9.98. The molecule has 1 saturated heterocycles. The van der Waals surface area contributed by atoms with E-state index in [2.05, 4.69) is 10.3 Å². The molecule has 2 rings (SSSR count). The van der Waals surface area contributed by atoms with Crippen molar-refractivity contribution >= 4 is 15.8 Å². The molecule has 5 nitrogen and oxygen atoms in total. The number of anilines is 1. The number of nitrogens with zero attached hydrogens (tertiary/aromatic N) is 2. The Kier molecular flexibility index (Phi) is 5.52. The molecule has 1 aromatic heterocycles. The molecule has 2 heterocycles. The molecule has 1 N–H and O–H groups in total. The summed E-state index contributed by atoms with van der Waals surface area (Å²) in [4.78, 5) is 3.63. The highest BCUT2D eigenvalue weighted by atomic mass is 32.2. The van der Waals surface area contributed by atoms with Gasteiger partial charge in [-0.05, 0) is 30.9 Å². The fraction of sp³-hybridized carbons (Fsp3) is 0.615. The van der Waals surface area contributed by atoms with Crippen molar-refractivity contribution in [3.05, 3.63) is 23.9 Å². The van der Waals surface area contributed by atoms with Crippen LogP contribution in [0.2, 0.25) is 0 Å². The van der Waals surface area contributed by atoms with Crippen molar-refractivity contribution in [2.24, 2.45) is 5.92 Å². The number of hydrogen-bond acceptors (Lipinski definition) is 4. The molecule has 1 aromatic rings. The van der Waals surface area contributed by atoms with Crippen molar-refractivity contribution in [3.8, 4) is 0 Å². The summed E-state index contributed by atoms with van der Waals surface area (Å²) < 4.78 is 98.9. The zero-order chi connectivity index (χ0) is 18.9. The zero-order valence-electron chi connectivity index (χ0n) is 12.7. The lowest BCUT2D eigenvalue weighted by Gasteiger charge is -2.31. The molecule has 0 radical (unpaired) electrons. The van der Waals surface area contributed by atoms with Crippen LogP contribution < -0.4 is 5.32 Å². The van der Waals surface area contributed by atoms with Crippen molar-refractivity contribution in [2.75, 3.05) is 25.0 Å². The Bertz CT molecular complexity index is 696. The van der Waals surface area contributed by atoms with Crippen molar-refractivity contribution < 1.29 is 34.8 Å². The van der Waals surface area contributed by atoms with Crippen LogP contribution in [0.1, 0.15) is 18.4 Å². The van der Waals surface area contributed by atoms with E-state index in [1.807, 2.05) is 0 Å². The van der Waals surface area contributed by atoms with Gasteiger partial charge in [0.1, 0.15) is 5.82 Å². The number of aromatic nitrogens is 1. The molecule has 0 saturated carbocycles. The number of nitrogens with one attached hydrogen (secondary N) is 1. The number of alkyl halides is 6. The van der Waals surface area contributed by atoms with Crippen LogP contribution in [0.25, 0.3) is 0 Å². The smallest absolute Gasteiger partial charge is 0.369 e. The van der Waals surface area contributed by atoms with Crippen molar-refractivity contribution in [1.82, 2.24) is 9.29 Å². The summed E-state index contributed by atoms with van der Waals surface area (Å²) in [5.41, 5.74) is -6.29. The first-order valence-corrected chi connectivity index (χ1v) is 8.69. The summed E-state index contributed by atoms with van der Waals surface area (Å²) in [6.45, 7) is -0.606. The van der Waals surface area contributed by atoms with Gasteiger partial charge in [-0.25, -0.2) is 13.4 Å². The number of hydrogen-bond donors (Lipinski definition) is 1. The summed E-state index contributed by atoms with van der Waals surface area (Å²) in [5.74, 6) is -0.622. The maximum atomic E-state index is 12.8. The van der Waals surface area contributed by atoms with Crippen LogP contribution in [0.5, 0.6) is 0 Å². The first-order valence-electron chi connectivity index (χ1n) is 7.25. The molecule has 0 bridgehead atoms. The largest absolute Gasteiger partial charge is 0.511 e. The molecular weight excluding hydrogens is 376 g/mol. The topological polar surface area (TPSA) is 62.3 Å². The van der Waals surface area contributed by atoms with Gasteiger partial charge in [0, 0.05) is 25.8 Å². The predicted octanol–water partition coefficient (Wildman–Crippen LogP) is 3.07. The normalized spacial score (nSPS) is 18.3. The molecule has 12 heteroatoms. The number of halogens is 6. The van der Waals surface area contributed by atoms with Gasteiger partial charge in [0.2, 0.25) is 0 Å². The maximum Gasteiger partial charge on any atom is 0.511 e. The number of sulfonamides is 1. The average molecular weight is 391 g/mol. The first-order chi connectivity index (χ1) is 11.4. The van der Waals surface area contributed by atoms with Gasteiger partial charge in [-0.2, -0.15) is 30.6 Å². The van der Waals surface area contributed by atoms with Crippen LogP contribution in [-0.2, 0) is 16.2 Å².